The topological polar surface area (TPSA) is 64.4 Å². The van der Waals surface area contributed by atoms with Crippen molar-refractivity contribution in [3.8, 4) is 33.3 Å². The Morgan fingerprint density at radius 1 is 1.14 bits per heavy atom. The lowest BCUT2D eigenvalue weighted by molar-refractivity contribution is 0.0682. The number of hydrogen-bond acceptors (Lipinski definition) is 5. The minimum absolute atomic E-state index is 0.115. The van der Waals surface area contributed by atoms with E-state index in [-0.39, 0.29) is 11.5 Å². The monoisotopic (exact) mass is 621 g/mol. The van der Waals surface area contributed by atoms with E-state index in [1.54, 1.807) is 36.4 Å². The fourth-order valence-corrected chi connectivity index (χ4v) is 6.39. The summed E-state index contributed by atoms with van der Waals surface area (Å²) in [6, 6.07) is 14.3. The van der Waals surface area contributed by atoms with Crippen molar-refractivity contribution in [1.82, 2.24) is 14.5 Å². The molecule has 1 aliphatic heterocycles. The van der Waals surface area contributed by atoms with E-state index < -0.39 is 0 Å². The zero-order valence-electron chi connectivity index (χ0n) is 24.1. The van der Waals surface area contributed by atoms with Gasteiger partial charge in [0, 0.05) is 35.1 Å². The van der Waals surface area contributed by atoms with Crippen molar-refractivity contribution in [2.45, 2.75) is 40.5 Å². The summed E-state index contributed by atoms with van der Waals surface area (Å²) in [7, 11) is 0. The SMILES string of the molecule is CCOc1ccc(Cl)c(-n2c(C=C(C)C)c(C(=O)N3CCC[C@H](C)C3)cc(-c3nc(-c4ccc(Cl)cc4)cs3)c2=O)c1. The summed E-state index contributed by atoms with van der Waals surface area (Å²) in [6.45, 7) is 9.74. The van der Waals surface area contributed by atoms with Gasteiger partial charge in [0.2, 0.25) is 0 Å². The molecule has 5 rings (SSSR count). The van der Waals surface area contributed by atoms with Crippen LogP contribution in [-0.4, -0.2) is 40.1 Å². The van der Waals surface area contributed by atoms with Crippen LogP contribution in [0.25, 0.3) is 33.6 Å². The van der Waals surface area contributed by atoms with Gasteiger partial charge in [0.15, 0.2) is 0 Å². The number of nitrogens with zero attached hydrogens (tertiary/aromatic N) is 3. The number of amides is 1. The molecule has 6 nitrogen and oxygen atoms in total. The molecule has 1 aliphatic rings. The zero-order valence-corrected chi connectivity index (χ0v) is 26.4. The second kappa shape index (κ2) is 12.9. The second-order valence-corrected chi connectivity index (χ2v) is 12.5. The van der Waals surface area contributed by atoms with E-state index in [2.05, 4.69) is 6.92 Å². The lowest BCUT2D eigenvalue weighted by atomic mass is 9.98. The van der Waals surface area contributed by atoms with E-state index in [4.69, 9.17) is 32.9 Å². The van der Waals surface area contributed by atoms with Crippen molar-refractivity contribution in [1.29, 1.82) is 0 Å². The second-order valence-electron chi connectivity index (χ2n) is 10.8. The molecule has 218 valence electrons. The number of thiazole rings is 1. The predicted octanol–water partition coefficient (Wildman–Crippen LogP) is 8.63. The summed E-state index contributed by atoms with van der Waals surface area (Å²) in [5, 5.41) is 3.42. The third kappa shape index (κ3) is 6.33. The molecule has 0 unspecified atom stereocenters. The summed E-state index contributed by atoms with van der Waals surface area (Å²) in [4.78, 5) is 35.4. The van der Waals surface area contributed by atoms with Crippen LogP contribution in [0.4, 0.5) is 0 Å². The van der Waals surface area contributed by atoms with Gasteiger partial charge in [-0.25, -0.2) is 4.98 Å². The maximum atomic E-state index is 14.4. The average molecular weight is 623 g/mol. The Morgan fingerprint density at radius 3 is 2.60 bits per heavy atom. The first-order chi connectivity index (χ1) is 20.2. The van der Waals surface area contributed by atoms with Crippen LogP contribution in [0.5, 0.6) is 5.75 Å². The van der Waals surface area contributed by atoms with Gasteiger partial charge in [-0.15, -0.1) is 11.3 Å². The summed E-state index contributed by atoms with van der Waals surface area (Å²) < 4.78 is 7.30. The maximum absolute atomic E-state index is 14.4. The normalized spacial score (nSPS) is 15.0. The van der Waals surface area contributed by atoms with E-state index in [0.29, 0.717) is 68.9 Å². The van der Waals surface area contributed by atoms with Crippen LogP contribution in [-0.2, 0) is 0 Å². The molecule has 42 heavy (non-hydrogen) atoms. The van der Waals surface area contributed by atoms with Gasteiger partial charge in [-0.3, -0.25) is 14.2 Å². The van der Waals surface area contributed by atoms with Gasteiger partial charge in [-0.2, -0.15) is 0 Å². The van der Waals surface area contributed by atoms with Crippen LogP contribution < -0.4 is 10.3 Å². The number of carbonyl (C=O) groups is 1. The van der Waals surface area contributed by atoms with Crippen LogP contribution in [0.15, 0.2) is 64.3 Å². The Balaban J connectivity index is 1.78. The first-order valence-electron chi connectivity index (χ1n) is 14.0. The summed E-state index contributed by atoms with van der Waals surface area (Å²) in [5.74, 6) is 0.864. The molecule has 0 saturated carbocycles. The van der Waals surface area contributed by atoms with E-state index >= 15 is 0 Å². The van der Waals surface area contributed by atoms with Gasteiger partial charge in [-0.1, -0.05) is 47.8 Å². The number of carbonyl (C=O) groups excluding carboxylic acids is 1. The molecule has 9 heteroatoms. The van der Waals surface area contributed by atoms with Gasteiger partial charge < -0.3 is 9.64 Å². The Hall–Kier alpha value is -3.39. The minimum Gasteiger partial charge on any atom is -0.494 e. The molecule has 3 heterocycles. The molecular formula is C33H33Cl2N3O3S. The summed E-state index contributed by atoms with van der Waals surface area (Å²) in [5.41, 5.74) is 3.91. The van der Waals surface area contributed by atoms with Crippen LogP contribution in [0.1, 0.15) is 56.6 Å². The Bertz CT molecular complexity index is 1700. The number of likely N-dealkylation sites (tertiary alicyclic amines) is 1. The van der Waals surface area contributed by atoms with E-state index in [9.17, 15) is 9.59 Å². The van der Waals surface area contributed by atoms with Gasteiger partial charge in [0.1, 0.15) is 10.8 Å². The molecule has 0 N–H and O–H groups in total. The van der Waals surface area contributed by atoms with Gasteiger partial charge >= 0.3 is 0 Å². The van der Waals surface area contributed by atoms with Crippen LogP contribution in [0.2, 0.25) is 10.0 Å². The Morgan fingerprint density at radius 2 is 1.90 bits per heavy atom. The molecule has 0 radical (unpaired) electrons. The molecule has 0 bridgehead atoms. The van der Waals surface area contributed by atoms with E-state index in [1.807, 2.05) is 49.3 Å². The number of piperidine rings is 1. The van der Waals surface area contributed by atoms with Crippen LogP contribution in [0, 0.1) is 5.92 Å². The highest BCUT2D eigenvalue weighted by Crippen LogP contribution is 2.33. The van der Waals surface area contributed by atoms with Crippen LogP contribution in [0.3, 0.4) is 0 Å². The van der Waals surface area contributed by atoms with Crippen molar-refractivity contribution in [2.24, 2.45) is 5.92 Å². The largest absolute Gasteiger partial charge is 0.494 e. The molecule has 2 aromatic heterocycles. The fraction of sp³-hybridized carbons (Fsp3) is 0.303. The number of allylic oxidation sites excluding steroid dienone is 1. The van der Waals surface area contributed by atoms with Gasteiger partial charge in [0.05, 0.1) is 39.8 Å². The number of rotatable bonds is 7. The smallest absolute Gasteiger partial charge is 0.265 e. The molecule has 1 saturated heterocycles. The molecule has 1 atom stereocenters. The third-order valence-corrected chi connectivity index (χ3v) is 8.63. The van der Waals surface area contributed by atoms with Crippen molar-refractivity contribution in [3.63, 3.8) is 0 Å². The van der Waals surface area contributed by atoms with Crippen molar-refractivity contribution >= 4 is 46.5 Å². The molecule has 4 aromatic rings. The van der Waals surface area contributed by atoms with E-state index in [1.165, 1.54) is 15.9 Å². The molecule has 1 fully saturated rings. The highest BCUT2D eigenvalue weighted by Gasteiger charge is 2.28. The Labute approximate surface area is 260 Å². The van der Waals surface area contributed by atoms with Crippen molar-refractivity contribution in [3.05, 3.63) is 91.1 Å². The number of pyridine rings is 1. The molecule has 0 spiro atoms. The zero-order chi connectivity index (χ0) is 30.0. The van der Waals surface area contributed by atoms with Crippen LogP contribution >= 0.6 is 34.5 Å². The first-order valence-corrected chi connectivity index (χ1v) is 15.7. The standard InChI is InChI=1S/C33H33Cl2N3O3S/c1-5-41-24-12-13-27(35)30(16-24)38-29(15-20(2)3)25(32(39)37-14-6-7-21(4)18-37)17-26(33(38)40)31-36-28(19-42-31)22-8-10-23(34)11-9-22/h8-13,15-17,19,21H,5-7,14,18H2,1-4H3/t21-/m0/s1. The number of hydrogen-bond donors (Lipinski definition) is 0. The molecule has 0 aliphatic carbocycles. The third-order valence-electron chi connectivity index (χ3n) is 7.18. The lowest BCUT2D eigenvalue weighted by Crippen LogP contribution is -2.40. The molecule has 1 amide bonds. The summed E-state index contributed by atoms with van der Waals surface area (Å²) >= 11 is 14.2. The molecular weight excluding hydrogens is 589 g/mol. The molecule has 2 aromatic carbocycles. The fourth-order valence-electron chi connectivity index (χ4n) is 5.22. The number of benzene rings is 2. The number of halogens is 2. The first kappa shape index (κ1) is 30.1. The Kier molecular flexibility index (Phi) is 9.21. The average Bonchev–Trinajstić information content (AvgIpc) is 3.45. The predicted molar refractivity (Wildman–Crippen MR) is 173 cm³/mol. The van der Waals surface area contributed by atoms with Crippen molar-refractivity contribution < 1.29 is 9.53 Å². The number of ether oxygens (including phenoxy) is 1. The highest BCUT2D eigenvalue weighted by molar-refractivity contribution is 7.13. The number of aromatic nitrogens is 2. The minimum atomic E-state index is -0.321. The highest BCUT2D eigenvalue weighted by atomic mass is 35.5. The maximum Gasteiger partial charge on any atom is 0.265 e. The van der Waals surface area contributed by atoms with Gasteiger partial charge in [0.25, 0.3) is 11.5 Å². The van der Waals surface area contributed by atoms with Crippen molar-refractivity contribution in [2.75, 3.05) is 19.7 Å². The van der Waals surface area contributed by atoms with E-state index in [0.717, 1.165) is 29.7 Å². The lowest BCUT2D eigenvalue weighted by Gasteiger charge is -2.32. The summed E-state index contributed by atoms with van der Waals surface area (Å²) in [6.07, 6.45) is 3.90. The van der Waals surface area contributed by atoms with Gasteiger partial charge in [-0.05, 0) is 75.9 Å². The quantitative estimate of drug-likeness (QED) is 0.207.